The Hall–Kier alpha value is -1.62. The van der Waals surface area contributed by atoms with E-state index in [1.54, 1.807) is 0 Å². The van der Waals surface area contributed by atoms with Gasteiger partial charge >= 0.3 is 5.97 Å². The fraction of sp³-hybridized carbons (Fsp3) is 0.462. The number of hydrogen-bond acceptors (Lipinski definition) is 4. The van der Waals surface area contributed by atoms with Gasteiger partial charge < -0.3 is 15.2 Å². The number of nitrogens with one attached hydrogen (secondary N) is 1. The van der Waals surface area contributed by atoms with Crippen molar-refractivity contribution in [3.8, 4) is 0 Å². The third kappa shape index (κ3) is 3.70. The standard InChI is InChI=1S/C13H18FNO3/c1-13(2,8-16)7-15-11-6-9(14)4-5-10(11)12(17)18-3/h4-6,15-16H,7-8H2,1-3H3. The summed E-state index contributed by atoms with van der Waals surface area (Å²) in [5.74, 6) is -0.966. The van der Waals surface area contributed by atoms with Gasteiger partial charge in [0.05, 0.1) is 18.4 Å². The number of hydrogen-bond donors (Lipinski definition) is 2. The lowest BCUT2D eigenvalue weighted by Crippen LogP contribution is -2.27. The first-order chi connectivity index (χ1) is 8.39. The van der Waals surface area contributed by atoms with Gasteiger partial charge in [-0.1, -0.05) is 13.8 Å². The molecule has 0 unspecified atom stereocenters. The zero-order valence-electron chi connectivity index (χ0n) is 10.8. The van der Waals surface area contributed by atoms with Crippen LogP contribution in [0.5, 0.6) is 0 Å². The van der Waals surface area contributed by atoms with Gasteiger partial charge in [-0.2, -0.15) is 0 Å². The summed E-state index contributed by atoms with van der Waals surface area (Å²) < 4.78 is 17.8. The Bertz CT molecular complexity index is 432. The Kier molecular flexibility index (Phi) is 4.67. The van der Waals surface area contributed by atoms with Crippen LogP contribution in [0.4, 0.5) is 10.1 Å². The van der Waals surface area contributed by atoms with Crippen LogP contribution in [-0.2, 0) is 4.74 Å². The zero-order chi connectivity index (χ0) is 13.8. The summed E-state index contributed by atoms with van der Waals surface area (Å²) in [6, 6.07) is 3.81. The molecule has 0 heterocycles. The number of carbonyl (C=O) groups is 1. The quantitative estimate of drug-likeness (QED) is 0.790. The third-order valence-corrected chi connectivity index (χ3v) is 2.57. The number of halogens is 1. The van der Waals surface area contributed by atoms with Gasteiger partial charge in [0.25, 0.3) is 0 Å². The van der Waals surface area contributed by atoms with E-state index in [-0.39, 0.29) is 17.6 Å². The lowest BCUT2D eigenvalue weighted by molar-refractivity contribution is 0.0601. The number of ether oxygens (including phenoxy) is 1. The first-order valence-electron chi connectivity index (χ1n) is 5.62. The van der Waals surface area contributed by atoms with E-state index in [0.717, 1.165) is 0 Å². The van der Waals surface area contributed by atoms with Crippen LogP contribution in [0.1, 0.15) is 24.2 Å². The average molecular weight is 255 g/mol. The van der Waals surface area contributed by atoms with Crippen LogP contribution >= 0.6 is 0 Å². The van der Waals surface area contributed by atoms with Crippen LogP contribution in [0, 0.1) is 11.2 Å². The van der Waals surface area contributed by atoms with E-state index >= 15 is 0 Å². The molecule has 0 aromatic heterocycles. The second kappa shape index (κ2) is 5.82. The molecule has 1 aromatic carbocycles. The summed E-state index contributed by atoms with van der Waals surface area (Å²) in [6.45, 7) is 4.12. The molecular formula is C13H18FNO3. The Balaban J connectivity index is 2.93. The SMILES string of the molecule is COC(=O)c1ccc(F)cc1NCC(C)(C)CO. The van der Waals surface area contributed by atoms with Gasteiger partial charge in [-0.25, -0.2) is 9.18 Å². The summed E-state index contributed by atoms with van der Waals surface area (Å²) in [5.41, 5.74) is 0.274. The van der Waals surface area contributed by atoms with Crippen molar-refractivity contribution in [2.45, 2.75) is 13.8 Å². The molecule has 4 nitrogen and oxygen atoms in total. The molecule has 0 saturated heterocycles. The van der Waals surface area contributed by atoms with Gasteiger partial charge in [-0.05, 0) is 18.2 Å². The Labute approximate surface area is 106 Å². The number of aliphatic hydroxyl groups excluding tert-OH is 1. The molecule has 2 N–H and O–H groups in total. The Morgan fingerprint density at radius 1 is 1.50 bits per heavy atom. The lowest BCUT2D eigenvalue weighted by Gasteiger charge is -2.23. The van der Waals surface area contributed by atoms with E-state index in [2.05, 4.69) is 10.1 Å². The van der Waals surface area contributed by atoms with Crippen LogP contribution in [-0.4, -0.2) is 31.3 Å². The number of rotatable bonds is 5. The van der Waals surface area contributed by atoms with Crippen molar-refractivity contribution in [3.63, 3.8) is 0 Å². The molecule has 18 heavy (non-hydrogen) atoms. The molecule has 0 aliphatic rings. The molecule has 1 rings (SSSR count). The first-order valence-corrected chi connectivity index (χ1v) is 5.62. The monoisotopic (exact) mass is 255 g/mol. The van der Waals surface area contributed by atoms with E-state index in [1.165, 1.54) is 25.3 Å². The molecule has 0 radical (unpaired) electrons. The van der Waals surface area contributed by atoms with E-state index in [4.69, 9.17) is 5.11 Å². The molecule has 1 aromatic rings. The first kappa shape index (κ1) is 14.4. The summed E-state index contributed by atoms with van der Waals surface area (Å²) >= 11 is 0. The highest BCUT2D eigenvalue weighted by atomic mass is 19.1. The van der Waals surface area contributed by atoms with Crippen molar-refractivity contribution < 1.29 is 19.0 Å². The molecule has 0 fully saturated rings. The summed E-state index contributed by atoms with van der Waals surface area (Å²) in [7, 11) is 1.27. The smallest absolute Gasteiger partial charge is 0.339 e. The fourth-order valence-electron chi connectivity index (χ4n) is 1.34. The highest BCUT2D eigenvalue weighted by molar-refractivity contribution is 5.95. The minimum Gasteiger partial charge on any atom is -0.465 e. The van der Waals surface area contributed by atoms with Gasteiger partial charge in [-0.3, -0.25) is 0 Å². The second-order valence-corrected chi connectivity index (χ2v) is 4.86. The van der Waals surface area contributed by atoms with Crippen LogP contribution < -0.4 is 5.32 Å². The van der Waals surface area contributed by atoms with Crippen LogP contribution in [0.25, 0.3) is 0 Å². The largest absolute Gasteiger partial charge is 0.465 e. The minimum absolute atomic E-state index is 0.0110. The topological polar surface area (TPSA) is 58.6 Å². The van der Waals surface area contributed by atoms with Gasteiger partial charge in [0.15, 0.2) is 0 Å². The van der Waals surface area contributed by atoms with E-state index in [1.807, 2.05) is 13.8 Å². The van der Waals surface area contributed by atoms with Crippen LogP contribution in [0.15, 0.2) is 18.2 Å². The van der Waals surface area contributed by atoms with Gasteiger partial charge in [0.1, 0.15) is 5.82 Å². The van der Waals surface area contributed by atoms with E-state index < -0.39 is 11.8 Å². The van der Waals surface area contributed by atoms with Gasteiger partial charge in [0, 0.05) is 18.6 Å². The summed E-state index contributed by atoms with van der Waals surface area (Å²) in [6.07, 6.45) is 0. The van der Waals surface area contributed by atoms with Crippen molar-refractivity contribution in [1.82, 2.24) is 0 Å². The lowest BCUT2D eigenvalue weighted by atomic mass is 9.95. The van der Waals surface area contributed by atoms with Crippen molar-refractivity contribution in [3.05, 3.63) is 29.6 Å². The number of anilines is 1. The third-order valence-electron chi connectivity index (χ3n) is 2.57. The number of methoxy groups -OCH3 is 1. The predicted octanol–water partition coefficient (Wildman–Crippen LogP) is 2.04. The van der Waals surface area contributed by atoms with Crippen LogP contribution in [0.3, 0.4) is 0 Å². The number of carbonyl (C=O) groups excluding carboxylic acids is 1. The Morgan fingerprint density at radius 2 is 2.17 bits per heavy atom. The van der Waals surface area contributed by atoms with Crippen LogP contribution in [0.2, 0.25) is 0 Å². The molecule has 0 bridgehead atoms. The number of esters is 1. The molecule has 0 atom stereocenters. The minimum atomic E-state index is -0.528. The summed E-state index contributed by atoms with van der Waals surface area (Å²) in [5, 5.41) is 12.1. The molecular weight excluding hydrogens is 237 g/mol. The number of aliphatic hydroxyl groups is 1. The van der Waals surface area contributed by atoms with E-state index in [0.29, 0.717) is 12.2 Å². The van der Waals surface area contributed by atoms with Crippen molar-refractivity contribution >= 4 is 11.7 Å². The molecule has 0 saturated carbocycles. The molecule has 100 valence electrons. The number of benzene rings is 1. The molecule has 0 aliphatic carbocycles. The maximum absolute atomic E-state index is 13.2. The van der Waals surface area contributed by atoms with Crippen molar-refractivity contribution in [2.75, 3.05) is 25.6 Å². The van der Waals surface area contributed by atoms with Crippen molar-refractivity contribution in [1.29, 1.82) is 0 Å². The van der Waals surface area contributed by atoms with E-state index in [9.17, 15) is 9.18 Å². The summed E-state index contributed by atoms with van der Waals surface area (Å²) in [4.78, 5) is 11.5. The zero-order valence-corrected chi connectivity index (χ0v) is 10.8. The van der Waals surface area contributed by atoms with Crippen molar-refractivity contribution in [2.24, 2.45) is 5.41 Å². The maximum atomic E-state index is 13.2. The maximum Gasteiger partial charge on any atom is 0.339 e. The average Bonchev–Trinajstić information content (AvgIpc) is 2.36. The molecule has 0 aliphatic heterocycles. The fourth-order valence-corrected chi connectivity index (χ4v) is 1.34. The molecule has 0 spiro atoms. The van der Waals surface area contributed by atoms with Gasteiger partial charge in [-0.15, -0.1) is 0 Å². The second-order valence-electron chi connectivity index (χ2n) is 4.86. The highest BCUT2D eigenvalue weighted by Gasteiger charge is 2.18. The highest BCUT2D eigenvalue weighted by Crippen LogP contribution is 2.21. The molecule has 5 heteroatoms. The predicted molar refractivity (Wildman–Crippen MR) is 67.1 cm³/mol. The normalized spacial score (nSPS) is 11.2. The Morgan fingerprint density at radius 3 is 2.72 bits per heavy atom. The van der Waals surface area contributed by atoms with Gasteiger partial charge in [0.2, 0.25) is 0 Å². The molecule has 0 amide bonds.